The molecule has 2 atom stereocenters. The lowest BCUT2D eigenvalue weighted by atomic mass is 9.73. The Balaban J connectivity index is 2.10. The van der Waals surface area contributed by atoms with Gasteiger partial charge in [0.15, 0.2) is 0 Å². The van der Waals surface area contributed by atoms with E-state index in [0.717, 1.165) is 19.3 Å². The molecule has 1 fully saturated rings. The summed E-state index contributed by atoms with van der Waals surface area (Å²) < 4.78 is 28.3. The van der Waals surface area contributed by atoms with Gasteiger partial charge in [0.05, 0.1) is 0 Å². The SMILES string of the molecule is CC1(c2cc(-c3cccnc3F)ccc2F)CCCC1CO. The van der Waals surface area contributed by atoms with Gasteiger partial charge in [-0.15, -0.1) is 0 Å². The Morgan fingerprint density at radius 1 is 1.32 bits per heavy atom. The van der Waals surface area contributed by atoms with Gasteiger partial charge in [-0.25, -0.2) is 9.37 Å². The first-order valence-electron chi connectivity index (χ1n) is 7.58. The maximum Gasteiger partial charge on any atom is 0.220 e. The lowest BCUT2D eigenvalue weighted by Crippen LogP contribution is -2.30. The number of pyridine rings is 1. The monoisotopic (exact) mass is 303 g/mol. The van der Waals surface area contributed by atoms with Gasteiger partial charge in [-0.1, -0.05) is 19.4 Å². The molecule has 1 saturated carbocycles. The van der Waals surface area contributed by atoms with E-state index in [2.05, 4.69) is 4.98 Å². The number of aliphatic hydroxyl groups is 1. The van der Waals surface area contributed by atoms with E-state index in [1.165, 1.54) is 12.3 Å². The summed E-state index contributed by atoms with van der Waals surface area (Å²) in [4.78, 5) is 3.65. The molecule has 1 aromatic heterocycles. The van der Waals surface area contributed by atoms with Crippen molar-refractivity contribution in [1.29, 1.82) is 0 Å². The molecule has 0 aliphatic heterocycles. The van der Waals surface area contributed by atoms with Crippen LogP contribution in [0.1, 0.15) is 31.7 Å². The summed E-state index contributed by atoms with van der Waals surface area (Å²) in [6.45, 7) is 2.03. The number of nitrogens with zero attached hydrogens (tertiary/aromatic N) is 1. The zero-order valence-electron chi connectivity index (χ0n) is 12.5. The number of rotatable bonds is 3. The first-order valence-corrected chi connectivity index (χ1v) is 7.58. The normalized spacial score (nSPS) is 24.6. The summed E-state index contributed by atoms with van der Waals surface area (Å²) >= 11 is 0. The van der Waals surface area contributed by atoms with Crippen molar-refractivity contribution in [2.24, 2.45) is 5.92 Å². The topological polar surface area (TPSA) is 33.1 Å². The fourth-order valence-corrected chi connectivity index (χ4v) is 3.62. The van der Waals surface area contributed by atoms with Crippen molar-refractivity contribution < 1.29 is 13.9 Å². The molecule has 0 saturated heterocycles. The molecule has 1 aromatic carbocycles. The third kappa shape index (κ3) is 2.41. The second-order valence-electron chi connectivity index (χ2n) is 6.23. The largest absolute Gasteiger partial charge is 0.396 e. The number of hydrogen-bond acceptors (Lipinski definition) is 2. The maximum absolute atomic E-state index is 14.4. The molecule has 1 aliphatic rings. The van der Waals surface area contributed by atoms with Gasteiger partial charge in [0, 0.05) is 23.8 Å². The van der Waals surface area contributed by atoms with Crippen LogP contribution in [-0.2, 0) is 5.41 Å². The molecule has 2 nitrogen and oxygen atoms in total. The van der Waals surface area contributed by atoms with Crippen LogP contribution in [0.15, 0.2) is 36.5 Å². The Hall–Kier alpha value is -1.81. The molecule has 3 rings (SSSR count). The summed E-state index contributed by atoms with van der Waals surface area (Å²) in [7, 11) is 0. The maximum atomic E-state index is 14.4. The third-order valence-electron chi connectivity index (χ3n) is 5.02. The van der Waals surface area contributed by atoms with Crippen molar-refractivity contribution in [3.05, 3.63) is 53.9 Å². The van der Waals surface area contributed by atoms with E-state index in [1.807, 2.05) is 6.92 Å². The minimum atomic E-state index is -0.560. The Kier molecular flexibility index (Phi) is 3.96. The van der Waals surface area contributed by atoms with Gasteiger partial charge < -0.3 is 5.11 Å². The molecule has 2 unspecified atom stereocenters. The molecule has 116 valence electrons. The number of benzene rings is 1. The molecule has 4 heteroatoms. The fourth-order valence-electron chi connectivity index (χ4n) is 3.62. The highest BCUT2D eigenvalue weighted by molar-refractivity contribution is 5.64. The van der Waals surface area contributed by atoms with Crippen LogP contribution in [0.25, 0.3) is 11.1 Å². The van der Waals surface area contributed by atoms with Crippen LogP contribution in [0.4, 0.5) is 8.78 Å². The molecular weight excluding hydrogens is 284 g/mol. The molecule has 0 bridgehead atoms. The van der Waals surface area contributed by atoms with Crippen molar-refractivity contribution in [3.63, 3.8) is 0 Å². The van der Waals surface area contributed by atoms with Crippen molar-refractivity contribution in [2.45, 2.75) is 31.6 Å². The van der Waals surface area contributed by atoms with Crippen LogP contribution in [0, 0.1) is 17.7 Å². The molecule has 0 radical (unpaired) electrons. The molecular formula is C18H19F2NO. The van der Waals surface area contributed by atoms with Gasteiger partial charge in [-0.05, 0) is 54.2 Å². The van der Waals surface area contributed by atoms with E-state index >= 15 is 0 Å². The van der Waals surface area contributed by atoms with Crippen LogP contribution in [0.2, 0.25) is 0 Å². The highest BCUT2D eigenvalue weighted by Gasteiger charge is 2.41. The molecule has 1 heterocycles. The van der Waals surface area contributed by atoms with Gasteiger partial charge >= 0.3 is 0 Å². The Labute approximate surface area is 128 Å². The second kappa shape index (κ2) is 5.76. The van der Waals surface area contributed by atoms with Gasteiger partial charge in [0.1, 0.15) is 5.82 Å². The van der Waals surface area contributed by atoms with Crippen LogP contribution < -0.4 is 0 Å². The summed E-state index contributed by atoms with van der Waals surface area (Å²) in [5, 5.41) is 9.59. The van der Waals surface area contributed by atoms with E-state index < -0.39 is 11.4 Å². The van der Waals surface area contributed by atoms with E-state index in [4.69, 9.17) is 0 Å². The Morgan fingerprint density at radius 3 is 2.86 bits per heavy atom. The van der Waals surface area contributed by atoms with Crippen LogP contribution >= 0.6 is 0 Å². The summed E-state index contributed by atoms with van der Waals surface area (Å²) in [6.07, 6.45) is 4.07. The first kappa shape index (κ1) is 15.1. The average Bonchev–Trinajstić information content (AvgIpc) is 2.90. The summed E-state index contributed by atoms with van der Waals surface area (Å²) in [5.74, 6) is -0.817. The molecule has 1 aliphatic carbocycles. The molecule has 0 spiro atoms. The van der Waals surface area contributed by atoms with Crippen LogP contribution in [0.3, 0.4) is 0 Å². The minimum Gasteiger partial charge on any atom is -0.396 e. The van der Waals surface area contributed by atoms with Crippen LogP contribution in [0.5, 0.6) is 0 Å². The number of aliphatic hydroxyl groups excluding tert-OH is 1. The minimum absolute atomic E-state index is 0.0380. The van der Waals surface area contributed by atoms with E-state index in [0.29, 0.717) is 16.7 Å². The van der Waals surface area contributed by atoms with Crippen molar-refractivity contribution >= 4 is 0 Å². The van der Waals surface area contributed by atoms with Crippen molar-refractivity contribution in [2.75, 3.05) is 6.61 Å². The van der Waals surface area contributed by atoms with Gasteiger partial charge in [-0.2, -0.15) is 4.39 Å². The van der Waals surface area contributed by atoms with Gasteiger partial charge in [0.2, 0.25) is 5.95 Å². The zero-order valence-corrected chi connectivity index (χ0v) is 12.5. The number of hydrogen-bond donors (Lipinski definition) is 1. The highest BCUT2D eigenvalue weighted by atomic mass is 19.1. The first-order chi connectivity index (χ1) is 10.6. The molecule has 22 heavy (non-hydrogen) atoms. The zero-order chi connectivity index (χ0) is 15.7. The highest BCUT2D eigenvalue weighted by Crippen LogP contribution is 2.46. The van der Waals surface area contributed by atoms with Gasteiger partial charge in [0.25, 0.3) is 0 Å². The number of aromatic nitrogens is 1. The standard InChI is InChI=1S/C18H19F2NO/c1-18(8-2-4-13(18)11-22)15-10-12(6-7-16(15)19)14-5-3-9-21-17(14)20/h3,5-7,9-10,13,22H,2,4,8,11H2,1H3. The number of halogens is 2. The molecule has 1 N–H and O–H groups in total. The third-order valence-corrected chi connectivity index (χ3v) is 5.02. The van der Waals surface area contributed by atoms with Crippen molar-refractivity contribution in [3.8, 4) is 11.1 Å². The summed E-state index contributed by atoms with van der Waals surface area (Å²) in [5.41, 5.74) is 1.13. The summed E-state index contributed by atoms with van der Waals surface area (Å²) in [6, 6.07) is 7.97. The smallest absolute Gasteiger partial charge is 0.220 e. The van der Waals surface area contributed by atoms with Gasteiger partial charge in [-0.3, -0.25) is 0 Å². The lowest BCUT2D eigenvalue weighted by Gasteiger charge is -2.32. The second-order valence-corrected chi connectivity index (χ2v) is 6.23. The van der Waals surface area contributed by atoms with E-state index in [-0.39, 0.29) is 18.3 Å². The molecule has 0 amide bonds. The predicted octanol–water partition coefficient (Wildman–Crippen LogP) is 4.08. The molecule has 2 aromatic rings. The quantitative estimate of drug-likeness (QED) is 0.867. The van der Waals surface area contributed by atoms with E-state index in [1.54, 1.807) is 24.3 Å². The predicted molar refractivity (Wildman–Crippen MR) is 81.4 cm³/mol. The Bertz CT molecular complexity index is 689. The Morgan fingerprint density at radius 2 is 2.14 bits per heavy atom. The van der Waals surface area contributed by atoms with E-state index in [9.17, 15) is 13.9 Å². The fraction of sp³-hybridized carbons (Fsp3) is 0.389. The van der Waals surface area contributed by atoms with Crippen LogP contribution in [-0.4, -0.2) is 16.7 Å². The van der Waals surface area contributed by atoms with Crippen molar-refractivity contribution in [1.82, 2.24) is 4.98 Å². The lowest BCUT2D eigenvalue weighted by molar-refractivity contribution is 0.178. The average molecular weight is 303 g/mol.